The summed E-state index contributed by atoms with van der Waals surface area (Å²) in [6.45, 7) is 7.58. The molecule has 0 aromatic rings. The topological polar surface area (TPSA) is 50.4 Å². The van der Waals surface area contributed by atoms with Gasteiger partial charge in [0.1, 0.15) is 5.60 Å². The lowest BCUT2D eigenvalue weighted by Crippen LogP contribution is -2.45. The predicted molar refractivity (Wildman–Crippen MR) is 66.9 cm³/mol. The third-order valence-electron chi connectivity index (χ3n) is 3.72. The van der Waals surface area contributed by atoms with E-state index in [0.29, 0.717) is 5.92 Å². The molecule has 2 fully saturated rings. The highest BCUT2D eigenvalue weighted by Gasteiger charge is 2.37. The maximum atomic E-state index is 11.7. The Kier molecular flexibility index (Phi) is 3.61. The highest BCUT2D eigenvalue weighted by atomic mass is 16.6. The monoisotopic (exact) mass is 240 g/mol. The summed E-state index contributed by atoms with van der Waals surface area (Å²) in [4.78, 5) is 11.7. The van der Waals surface area contributed by atoms with Crippen molar-refractivity contribution < 1.29 is 9.53 Å². The lowest BCUT2D eigenvalue weighted by Gasteiger charge is -2.34. The van der Waals surface area contributed by atoms with Crippen molar-refractivity contribution in [2.45, 2.75) is 51.7 Å². The molecule has 2 aliphatic rings. The zero-order valence-electron chi connectivity index (χ0n) is 11.1. The van der Waals surface area contributed by atoms with Gasteiger partial charge in [0.05, 0.1) is 0 Å². The van der Waals surface area contributed by atoms with Crippen molar-refractivity contribution in [2.75, 3.05) is 13.1 Å². The summed E-state index contributed by atoms with van der Waals surface area (Å²) >= 11 is 0. The van der Waals surface area contributed by atoms with Crippen LogP contribution in [0.2, 0.25) is 0 Å². The SMILES string of the molecule is CC(C)(C)OC(=O)NC1CNCC1C1CCC1. The quantitative estimate of drug-likeness (QED) is 0.775. The van der Waals surface area contributed by atoms with Crippen molar-refractivity contribution in [3.8, 4) is 0 Å². The number of amides is 1. The summed E-state index contributed by atoms with van der Waals surface area (Å²) in [7, 11) is 0. The molecule has 1 aliphatic carbocycles. The zero-order chi connectivity index (χ0) is 12.5. The number of alkyl carbamates (subject to hydrolysis) is 1. The second kappa shape index (κ2) is 4.84. The van der Waals surface area contributed by atoms with Crippen LogP contribution in [0.15, 0.2) is 0 Å². The molecular formula is C13H24N2O2. The van der Waals surface area contributed by atoms with Crippen LogP contribution in [0, 0.1) is 11.8 Å². The molecule has 0 aromatic heterocycles. The number of hydrogen-bond donors (Lipinski definition) is 2. The Balaban J connectivity index is 1.82. The van der Waals surface area contributed by atoms with Crippen LogP contribution in [0.4, 0.5) is 4.79 Å². The van der Waals surface area contributed by atoms with E-state index < -0.39 is 5.60 Å². The largest absolute Gasteiger partial charge is 0.444 e. The molecule has 2 N–H and O–H groups in total. The first-order valence-electron chi connectivity index (χ1n) is 6.66. The van der Waals surface area contributed by atoms with E-state index in [0.717, 1.165) is 19.0 Å². The zero-order valence-corrected chi connectivity index (χ0v) is 11.1. The van der Waals surface area contributed by atoms with Crippen LogP contribution in [-0.2, 0) is 4.74 Å². The summed E-state index contributed by atoms with van der Waals surface area (Å²) in [5.74, 6) is 1.39. The van der Waals surface area contributed by atoms with E-state index in [1.165, 1.54) is 19.3 Å². The van der Waals surface area contributed by atoms with E-state index in [1.807, 2.05) is 20.8 Å². The molecule has 2 rings (SSSR count). The molecule has 4 heteroatoms. The fourth-order valence-corrected chi connectivity index (χ4v) is 2.68. The van der Waals surface area contributed by atoms with Gasteiger partial charge in [-0.25, -0.2) is 4.79 Å². The van der Waals surface area contributed by atoms with Crippen molar-refractivity contribution in [1.29, 1.82) is 0 Å². The highest BCUT2D eigenvalue weighted by Crippen LogP contribution is 2.36. The standard InChI is InChI=1S/C13H24N2O2/c1-13(2,3)17-12(16)15-11-8-14-7-10(11)9-5-4-6-9/h9-11,14H,4-8H2,1-3H3,(H,15,16). The lowest BCUT2D eigenvalue weighted by atomic mass is 9.74. The van der Waals surface area contributed by atoms with E-state index in [-0.39, 0.29) is 12.1 Å². The van der Waals surface area contributed by atoms with Gasteiger partial charge in [-0.3, -0.25) is 0 Å². The summed E-state index contributed by atoms with van der Waals surface area (Å²) in [5, 5.41) is 6.38. The van der Waals surface area contributed by atoms with Crippen LogP contribution in [-0.4, -0.2) is 30.8 Å². The van der Waals surface area contributed by atoms with Gasteiger partial charge in [-0.1, -0.05) is 19.3 Å². The minimum absolute atomic E-state index is 0.246. The second-order valence-corrected chi connectivity index (χ2v) is 6.27. The van der Waals surface area contributed by atoms with E-state index in [2.05, 4.69) is 10.6 Å². The van der Waals surface area contributed by atoms with Gasteiger partial charge in [0, 0.05) is 19.1 Å². The van der Waals surface area contributed by atoms with Crippen LogP contribution >= 0.6 is 0 Å². The predicted octanol–water partition coefficient (Wildman–Crippen LogP) is 1.90. The second-order valence-electron chi connectivity index (χ2n) is 6.27. The Labute approximate surface area is 103 Å². The smallest absolute Gasteiger partial charge is 0.407 e. The van der Waals surface area contributed by atoms with Gasteiger partial charge in [-0.05, 0) is 32.6 Å². The normalized spacial score (nSPS) is 29.8. The lowest BCUT2D eigenvalue weighted by molar-refractivity contribution is 0.0478. The van der Waals surface area contributed by atoms with Gasteiger partial charge in [-0.15, -0.1) is 0 Å². The summed E-state index contributed by atoms with van der Waals surface area (Å²) in [5.41, 5.74) is -0.415. The Bertz CT molecular complexity index is 282. The molecule has 1 aliphatic heterocycles. The molecular weight excluding hydrogens is 216 g/mol. The number of carbonyl (C=O) groups is 1. The minimum atomic E-state index is -0.415. The molecule has 1 saturated heterocycles. The van der Waals surface area contributed by atoms with Crippen LogP contribution in [0.1, 0.15) is 40.0 Å². The van der Waals surface area contributed by atoms with Gasteiger partial charge in [0.2, 0.25) is 0 Å². The van der Waals surface area contributed by atoms with Crippen molar-refractivity contribution in [3.05, 3.63) is 0 Å². The number of nitrogens with one attached hydrogen (secondary N) is 2. The third-order valence-corrected chi connectivity index (χ3v) is 3.72. The summed E-state index contributed by atoms with van der Waals surface area (Å²) in [6.07, 6.45) is 3.70. The van der Waals surface area contributed by atoms with Crippen molar-refractivity contribution in [1.82, 2.24) is 10.6 Å². The van der Waals surface area contributed by atoms with Crippen molar-refractivity contribution in [3.63, 3.8) is 0 Å². The molecule has 2 unspecified atom stereocenters. The van der Waals surface area contributed by atoms with E-state index >= 15 is 0 Å². The van der Waals surface area contributed by atoms with Gasteiger partial charge >= 0.3 is 6.09 Å². The molecule has 2 atom stereocenters. The van der Waals surface area contributed by atoms with Crippen LogP contribution in [0.3, 0.4) is 0 Å². The molecule has 0 aromatic carbocycles. The van der Waals surface area contributed by atoms with Crippen LogP contribution in [0.25, 0.3) is 0 Å². The van der Waals surface area contributed by atoms with Crippen LogP contribution < -0.4 is 10.6 Å². The molecule has 1 heterocycles. The number of ether oxygens (including phenoxy) is 1. The maximum Gasteiger partial charge on any atom is 0.407 e. The van der Waals surface area contributed by atoms with Gasteiger partial charge < -0.3 is 15.4 Å². The summed E-state index contributed by atoms with van der Waals surface area (Å²) in [6, 6.07) is 0.246. The first-order valence-corrected chi connectivity index (χ1v) is 6.66. The Hall–Kier alpha value is -0.770. The van der Waals surface area contributed by atoms with Gasteiger partial charge in [0.15, 0.2) is 0 Å². The highest BCUT2D eigenvalue weighted by molar-refractivity contribution is 5.68. The average molecular weight is 240 g/mol. The fraction of sp³-hybridized carbons (Fsp3) is 0.923. The van der Waals surface area contributed by atoms with Crippen molar-refractivity contribution in [2.24, 2.45) is 11.8 Å². The van der Waals surface area contributed by atoms with Crippen molar-refractivity contribution >= 4 is 6.09 Å². The minimum Gasteiger partial charge on any atom is -0.444 e. The van der Waals surface area contributed by atoms with E-state index in [9.17, 15) is 4.79 Å². The number of rotatable bonds is 2. The fourth-order valence-electron chi connectivity index (χ4n) is 2.68. The van der Waals surface area contributed by atoms with Gasteiger partial charge in [-0.2, -0.15) is 0 Å². The molecule has 98 valence electrons. The maximum absolute atomic E-state index is 11.7. The summed E-state index contributed by atoms with van der Waals surface area (Å²) < 4.78 is 5.30. The van der Waals surface area contributed by atoms with Crippen LogP contribution in [0.5, 0.6) is 0 Å². The molecule has 17 heavy (non-hydrogen) atoms. The Morgan fingerprint density at radius 3 is 2.53 bits per heavy atom. The first-order chi connectivity index (χ1) is 7.96. The molecule has 1 saturated carbocycles. The third kappa shape index (κ3) is 3.35. The molecule has 4 nitrogen and oxygen atoms in total. The molecule has 0 bridgehead atoms. The number of carbonyl (C=O) groups excluding carboxylic acids is 1. The average Bonchev–Trinajstić information content (AvgIpc) is 2.46. The van der Waals surface area contributed by atoms with E-state index in [4.69, 9.17) is 4.74 Å². The van der Waals surface area contributed by atoms with Gasteiger partial charge in [0.25, 0.3) is 0 Å². The number of hydrogen-bond acceptors (Lipinski definition) is 3. The first kappa shape index (κ1) is 12.7. The molecule has 0 spiro atoms. The molecule has 1 amide bonds. The van der Waals surface area contributed by atoms with E-state index in [1.54, 1.807) is 0 Å². The Morgan fingerprint density at radius 2 is 2.00 bits per heavy atom. The Morgan fingerprint density at radius 1 is 1.29 bits per heavy atom. The molecule has 0 radical (unpaired) electrons.